The number of aliphatic hydroxyl groups is 2. The number of carbonyl (C=O) groups is 2. The Kier molecular flexibility index (Phi) is 20.3. The van der Waals surface area contributed by atoms with E-state index in [0.717, 1.165) is 38.5 Å². The van der Waals surface area contributed by atoms with Gasteiger partial charge >= 0.3 is 11.9 Å². The second-order valence-corrected chi connectivity index (χ2v) is 8.24. The molecule has 178 valence electrons. The third kappa shape index (κ3) is 18.9. The van der Waals surface area contributed by atoms with Gasteiger partial charge in [-0.3, -0.25) is 9.59 Å². The molecule has 0 unspecified atom stereocenters. The first kappa shape index (κ1) is 28.9. The van der Waals surface area contributed by atoms with Crippen LogP contribution in [0.4, 0.5) is 0 Å². The number of unbranched alkanes of at least 4 members (excludes halogenated alkanes) is 10. The van der Waals surface area contributed by atoms with E-state index in [4.69, 9.17) is 14.6 Å². The molecule has 30 heavy (non-hydrogen) atoms. The summed E-state index contributed by atoms with van der Waals surface area (Å²) in [5.74, 6) is -0.564. The van der Waals surface area contributed by atoms with Gasteiger partial charge in [-0.15, -0.1) is 0 Å². The smallest absolute Gasteiger partial charge is 0.306 e. The van der Waals surface area contributed by atoms with E-state index >= 15 is 0 Å². The Morgan fingerprint density at radius 2 is 1.23 bits per heavy atom. The number of hydrogen-bond acceptors (Lipinski definition) is 6. The summed E-state index contributed by atoms with van der Waals surface area (Å²) in [4.78, 5) is 24.1. The Hall–Kier alpha value is -1.14. The number of aliphatic hydroxyl groups excluding tert-OH is 2. The van der Waals surface area contributed by atoms with E-state index in [1.165, 1.54) is 38.5 Å². The molecule has 0 aromatic heterocycles. The van der Waals surface area contributed by atoms with Crippen LogP contribution in [0.5, 0.6) is 0 Å². The van der Waals surface area contributed by atoms with Crippen LogP contribution in [0.1, 0.15) is 117 Å². The number of esters is 2. The summed E-state index contributed by atoms with van der Waals surface area (Å²) in [6.07, 6.45) is 13.1. The first-order valence-corrected chi connectivity index (χ1v) is 12.2. The highest BCUT2D eigenvalue weighted by atomic mass is 16.6. The van der Waals surface area contributed by atoms with Crippen molar-refractivity contribution in [3.05, 3.63) is 0 Å². The molecular formula is C24H46O6. The van der Waals surface area contributed by atoms with E-state index in [1.54, 1.807) is 0 Å². The van der Waals surface area contributed by atoms with Gasteiger partial charge in [-0.05, 0) is 25.7 Å². The predicted octanol–water partition coefficient (Wildman–Crippen LogP) is 5.08. The van der Waals surface area contributed by atoms with Crippen molar-refractivity contribution in [1.29, 1.82) is 0 Å². The second kappa shape index (κ2) is 21.1. The number of ether oxygens (including phenoxy) is 2. The maximum absolute atomic E-state index is 12.1. The van der Waals surface area contributed by atoms with Crippen LogP contribution in [0.3, 0.4) is 0 Å². The summed E-state index contributed by atoms with van der Waals surface area (Å²) >= 11 is 0. The first-order valence-electron chi connectivity index (χ1n) is 12.2. The van der Waals surface area contributed by atoms with Crippen molar-refractivity contribution in [1.82, 2.24) is 0 Å². The lowest BCUT2D eigenvalue weighted by Gasteiger charge is -2.19. The molecule has 0 aliphatic heterocycles. The van der Waals surface area contributed by atoms with Crippen LogP contribution in [0.15, 0.2) is 0 Å². The van der Waals surface area contributed by atoms with Crippen molar-refractivity contribution < 1.29 is 29.3 Å². The molecule has 0 aromatic carbocycles. The van der Waals surface area contributed by atoms with Crippen LogP contribution >= 0.6 is 0 Å². The van der Waals surface area contributed by atoms with Crippen LogP contribution in [-0.2, 0) is 19.1 Å². The van der Waals surface area contributed by atoms with Crippen molar-refractivity contribution in [3.63, 3.8) is 0 Å². The van der Waals surface area contributed by atoms with Gasteiger partial charge in [0.15, 0.2) is 0 Å². The molecule has 0 saturated carbocycles. The van der Waals surface area contributed by atoms with E-state index in [2.05, 4.69) is 13.8 Å². The van der Waals surface area contributed by atoms with Crippen molar-refractivity contribution in [2.24, 2.45) is 0 Å². The Morgan fingerprint density at radius 3 is 1.77 bits per heavy atom. The van der Waals surface area contributed by atoms with Gasteiger partial charge in [0, 0.05) is 12.8 Å². The molecule has 0 heterocycles. The van der Waals surface area contributed by atoms with Gasteiger partial charge in [0.2, 0.25) is 0 Å². The molecule has 2 N–H and O–H groups in total. The average Bonchev–Trinajstić information content (AvgIpc) is 2.74. The summed E-state index contributed by atoms with van der Waals surface area (Å²) in [5, 5.41) is 18.6. The maximum Gasteiger partial charge on any atom is 0.306 e. The molecule has 0 amide bonds. The van der Waals surface area contributed by atoms with Gasteiger partial charge in [0.05, 0.1) is 12.7 Å². The monoisotopic (exact) mass is 430 g/mol. The lowest BCUT2D eigenvalue weighted by Crippen LogP contribution is -2.27. The Balaban J connectivity index is 4.16. The topological polar surface area (TPSA) is 93.1 Å². The summed E-state index contributed by atoms with van der Waals surface area (Å²) in [6.45, 7) is 4.02. The number of carbonyl (C=O) groups excluding carboxylic acids is 2. The van der Waals surface area contributed by atoms with Crippen LogP contribution in [0.2, 0.25) is 0 Å². The average molecular weight is 431 g/mol. The molecule has 0 rings (SSSR count). The summed E-state index contributed by atoms with van der Waals surface area (Å²) in [5.41, 5.74) is 0. The molecule has 0 fully saturated rings. The zero-order valence-corrected chi connectivity index (χ0v) is 19.4. The molecule has 0 bridgehead atoms. The highest BCUT2D eigenvalue weighted by molar-refractivity contribution is 5.70. The van der Waals surface area contributed by atoms with Crippen LogP contribution in [-0.4, -0.2) is 47.6 Å². The van der Waals surface area contributed by atoms with Crippen molar-refractivity contribution in [2.45, 2.75) is 129 Å². The quantitative estimate of drug-likeness (QED) is 0.195. The standard InChI is InChI=1S/C24H46O6/c1-3-5-7-9-11-13-15-23(27)29-20-22(18-17-21(26)19-25)30-24(28)16-14-12-10-8-6-4-2/h21-22,25-26H,3-20H2,1-2H3/t21-,22+/m0/s1. The van der Waals surface area contributed by atoms with Gasteiger partial charge in [0.1, 0.15) is 12.7 Å². The van der Waals surface area contributed by atoms with E-state index in [9.17, 15) is 14.7 Å². The molecule has 0 aliphatic carbocycles. The zero-order valence-electron chi connectivity index (χ0n) is 19.4. The minimum Gasteiger partial charge on any atom is -0.462 e. The van der Waals surface area contributed by atoms with Crippen LogP contribution < -0.4 is 0 Å². The molecule has 2 atom stereocenters. The second-order valence-electron chi connectivity index (χ2n) is 8.24. The van der Waals surface area contributed by atoms with E-state index in [-0.39, 0.29) is 25.2 Å². The molecule has 0 spiro atoms. The fraction of sp³-hybridized carbons (Fsp3) is 0.917. The van der Waals surface area contributed by atoms with E-state index < -0.39 is 12.2 Å². The van der Waals surface area contributed by atoms with Crippen molar-refractivity contribution in [2.75, 3.05) is 13.2 Å². The number of hydrogen-bond donors (Lipinski definition) is 2. The third-order valence-electron chi connectivity index (χ3n) is 5.23. The van der Waals surface area contributed by atoms with Crippen molar-refractivity contribution >= 4 is 11.9 Å². The van der Waals surface area contributed by atoms with Gasteiger partial charge in [-0.25, -0.2) is 0 Å². The molecule has 0 aliphatic rings. The molecular weight excluding hydrogens is 384 g/mol. The predicted molar refractivity (Wildman–Crippen MR) is 119 cm³/mol. The normalized spacial score (nSPS) is 13.1. The van der Waals surface area contributed by atoms with Crippen LogP contribution in [0.25, 0.3) is 0 Å². The van der Waals surface area contributed by atoms with E-state index in [1.807, 2.05) is 0 Å². The number of rotatable bonds is 21. The maximum atomic E-state index is 12.1. The zero-order chi connectivity index (χ0) is 22.5. The molecule has 0 saturated heterocycles. The summed E-state index contributed by atoms with van der Waals surface area (Å²) < 4.78 is 10.8. The van der Waals surface area contributed by atoms with Crippen molar-refractivity contribution in [3.8, 4) is 0 Å². The molecule has 6 nitrogen and oxygen atoms in total. The molecule has 0 aromatic rings. The fourth-order valence-electron chi connectivity index (χ4n) is 3.25. The summed E-state index contributed by atoms with van der Waals surface area (Å²) in [7, 11) is 0. The Bertz CT molecular complexity index is 413. The van der Waals surface area contributed by atoms with Gasteiger partial charge in [0.25, 0.3) is 0 Å². The van der Waals surface area contributed by atoms with Gasteiger partial charge < -0.3 is 19.7 Å². The lowest BCUT2D eigenvalue weighted by molar-refractivity contribution is -0.160. The van der Waals surface area contributed by atoms with Gasteiger partial charge in [-0.1, -0.05) is 78.1 Å². The fourth-order valence-corrected chi connectivity index (χ4v) is 3.25. The highest BCUT2D eigenvalue weighted by Gasteiger charge is 2.18. The SMILES string of the molecule is CCCCCCCCC(=O)OC[C@@H](CC[C@H](O)CO)OC(=O)CCCCCCCC. The summed E-state index contributed by atoms with van der Waals surface area (Å²) in [6, 6.07) is 0. The Labute approximate surface area is 183 Å². The Morgan fingerprint density at radius 1 is 0.733 bits per heavy atom. The molecule has 0 radical (unpaired) electrons. The van der Waals surface area contributed by atoms with E-state index in [0.29, 0.717) is 25.7 Å². The van der Waals surface area contributed by atoms with Crippen LogP contribution in [0, 0.1) is 0 Å². The minimum atomic E-state index is -0.858. The largest absolute Gasteiger partial charge is 0.462 e. The lowest BCUT2D eigenvalue weighted by atomic mass is 10.1. The highest BCUT2D eigenvalue weighted by Crippen LogP contribution is 2.12. The minimum absolute atomic E-state index is 0.00898. The first-order chi connectivity index (χ1) is 14.5. The molecule has 6 heteroatoms. The van der Waals surface area contributed by atoms with Gasteiger partial charge in [-0.2, -0.15) is 0 Å². The third-order valence-corrected chi connectivity index (χ3v) is 5.23.